The van der Waals surface area contributed by atoms with Crippen molar-refractivity contribution in [2.75, 3.05) is 19.0 Å². The van der Waals surface area contributed by atoms with Gasteiger partial charge in [-0.2, -0.15) is 0 Å². The highest BCUT2D eigenvalue weighted by atomic mass is 32.2. The maximum atomic E-state index is 14.2. The van der Waals surface area contributed by atoms with Crippen LogP contribution in [0.3, 0.4) is 0 Å². The van der Waals surface area contributed by atoms with Gasteiger partial charge < -0.3 is 9.47 Å². The first-order valence-electron chi connectivity index (χ1n) is 9.39. The number of thioether (sulfide) groups is 1. The van der Waals surface area contributed by atoms with Gasteiger partial charge in [-0.3, -0.25) is 0 Å². The lowest BCUT2D eigenvalue weighted by atomic mass is 9.78. The zero-order valence-electron chi connectivity index (χ0n) is 15.1. The molecule has 25 heavy (non-hydrogen) atoms. The molecule has 2 aliphatic rings. The molecule has 0 amide bonds. The smallest absolute Gasteiger partial charge is 0.160 e. The van der Waals surface area contributed by atoms with E-state index in [4.69, 9.17) is 9.47 Å². The van der Waals surface area contributed by atoms with Crippen LogP contribution in [-0.4, -0.2) is 30.9 Å². The molecule has 1 heterocycles. The molecule has 0 atom stereocenters. The van der Waals surface area contributed by atoms with Gasteiger partial charge in [0.25, 0.3) is 0 Å². The van der Waals surface area contributed by atoms with E-state index in [2.05, 4.69) is 30.8 Å². The third kappa shape index (κ3) is 4.87. The van der Waals surface area contributed by atoms with Gasteiger partial charge in [0.1, 0.15) is 0 Å². The average molecular weight is 365 g/mol. The molecule has 1 aromatic carbocycles. The molecule has 0 aromatic heterocycles. The number of benzene rings is 1. The quantitative estimate of drug-likeness (QED) is 0.474. The Hall–Kier alpha value is -0.840. The van der Waals surface area contributed by atoms with Crippen LogP contribution in [0.15, 0.2) is 41.8 Å². The molecule has 0 unspecified atom stereocenters. The summed E-state index contributed by atoms with van der Waals surface area (Å²) >= 11 is 1.81. The second-order valence-electron chi connectivity index (χ2n) is 7.28. The molecule has 1 aliphatic carbocycles. The van der Waals surface area contributed by atoms with Crippen molar-refractivity contribution in [3.63, 3.8) is 0 Å². The fraction of sp³-hybridized carbons (Fsp3) is 0.619. The van der Waals surface area contributed by atoms with Crippen LogP contribution in [0.25, 0.3) is 0 Å². The number of hydrogen-bond donors (Lipinski definition) is 0. The zero-order valence-corrected chi connectivity index (χ0v) is 15.9. The molecule has 2 fully saturated rings. The first-order chi connectivity index (χ1) is 12.1. The SMILES string of the molecule is C=CCSc1ccc(C2CCC(C3OCC(F)(CC)CO3)CC2)cc1. The fourth-order valence-electron chi connectivity index (χ4n) is 3.75. The van der Waals surface area contributed by atoms with Crippen LogP contribution in [0.1, 0.15) is 50.5 Å². The Balaban J connectivity index is 1.48. The van der Waals surface area contributed by atoms with Crippen LogP contribution >= 0.6 is 11.8 Å². The van der Waals surface area contributed by atoms with Crippen molar-refractivity contribution >= 4 is 11.8 Å². The van der Waals surface area contributed by atoms with Crippen LogP contribution < -0.4 is 0 Å². The van der Waals surface area contributed by atoms with Crippen molar-refractivity contribution in [3.8, 4) is 0 Å². The maximum absolute atomic E-state index is 14.2. The highest BCUT2D eigenvalue weighted by Crippen LogP contribution is 2.40. The Morgan fingerprint density at radius 2 is 1.80 bits per heavy atom. The van der Waals surface area contributed by atoms with E-state index in [1.54, 1.807) is 0 Å². The highest BCUT2D eigenvalue weighted by Gasteiger charge is 2.39. The Kier molecular flexibility index (Phi) is 6.59. The molecule has 4 heteroatoms. The molecule has 1 aromatic rings. The largest absolute Gasteiger partial charge is 0.349 e. The standard InChI is InChI=1S/C21H29FO2S/c1-3-13-25-19-11-9-17(10-12-19)16-5-7-18(8-6-16)20-23-14-21(22,4-2)15-24-20/h3,9-12,16,18,20H,1,4-8,13-15H2,2H3. The second-order valence-corrected chi connectivity index (χ2v) is 8.37. The predicted molar refractivity (Wildman–Crippen MR) is 102 cm³/mol. The van der Waals surface area contributed by atoms with Crippen molar-refractivity contribution in [1.29, 1.82) is 0 Å². The minimum Gasteiger partial charge on any atom is -0.349 e. The van der Waals surface area contributed by atoms with E-state index in [1.165, 1.54) is 10.5 Å². The van der Waals surface area contributed by atoms with Crippen molar-refractivity contribution < 1.29 is 13.9 Å². The zero-order chi connectivity index (χ0) is 17.7. The lowest BCUT2D eigenvalue weighted by Crippen LogP contribution is -2.46. The van der Waals surface area contributed by atoms with Crippen LogP contribution in [0.2, 0.25) is 0 Å². The summed E-state index contributed by atoms with van der Waals surface area (Å²) < 4.78 is 25.6. The molecule has 0 spiro atoms. The molecule has 1 saturated carbocycles. The Bertz CT molecular complexity index is 544. The van der Waals surface area contributed by atoms with Gasteiger partial charge in [0, 0.05) is 16.6 Å². The molecule has 3 rings (SSSR count). The van der Waals surface area contributed by atoms with Gasteiger partial charge in [-0.1, -0.05) is 25.1 Å². The topological polar surface area (TPSA) is 18.5 Å². The maximum Gasteiger partial charge on any atom is 0.160 e. The Labute approximate surface area is 155 Å². The second kappa shape index (κ2) is 8.70. The summed E-state index contributed by atoms with van der Waals surface area (Å²) in [5, 5.41) is 0. The van der Waals surface area contributed by atoms with Gasteiger partial charge >= 0.3 is 0 Å². The Morgan fingerprint density at radius 1 is 1.16 bits per heavy atom. The summed E-state index contributed by atoms with van der Waals surface area (Å²) in [7, 11) is 0. The van der Waals surface area contributed by atoms with E-state index in [9.17, 15) is 4.39 Å². The third-order valence-electron chi connectivity index (χ3n) is 5.52. The van der Waals surface area contributed by atoms with Crippen molar-refractivity contribution in [1.82, 2.24) is 0 Å². The molecule has 0 bridgehead atoms. The summed E-state index contributed by atoms with van der Waals surface area (Å²) in [6.45, 7) is 5.97. The summed E-state index contributed by atoms with van der Waals surface area (Å²) in [6.07, 6.45) is 6.66. The van der Waals surface area contributed by atoms with E-state index < -0.39 is 5.67 Å². The monoisotopic (exact) mass is 364 g/mol. The van der Waals surface area contributed by atoms with Crippen LogP contribution in [0, 0.1) is 5.92 Å². The molecule has 2 nitrogen and oxygen atoms in total. The van der Waals surface area contributed by atoms with Crippen molar-refractivity contribution in [3.05, 3.63) is 42.5 Å². The molecule has 0 radical (unpaired) electrons. The van der Waals surface area contributed by atoms with Crippen molar-refractivity contribution in [2.45, 2.75) is 61.8 Å². The van der Waals surface area contributed by atoms with E-state index >= 15 is 0 Å². The minimum absolute atomic E-state index is 0.179. The minimum atomic E-state index is -1.29. The summed E-state index contributed by atoms with van der Waals surface area (Å²) in [5.41, 5.74) is 0.139. The predicted octanol–water partition coefficient (Wildman–Crippen LogP) is 5.73. The molecular weight excluding hydrogens is 335 g/mol. The first kappa shape index (κ1) is 18.9. The van der Waals surface area contributed by atoms with Crippen molar-refractivity contribution in [2.24, 2.45) is 5.92 Å². The number of ether oxygens (including phenoxy) is 2. The number of halogens is 1. The average Bonchev–Trinajstić information content (AvgIpc) is 2.68. The van der Waals surface area contributed by atoms with Crippen LogP contribution in [0.4, 0.5) is 4.39 Å². The van der Waals surface area contributed by atoms with Gasteiger partial charge in [0.15, 0.2) is 12.0 Å². The molecular formula is C21H29FO2S. The lowest BCUT2D eigenvalue weighted by Gasteiger charge is -2.39. The first-order valence-corrected chi connectivity index (χ1v) is 10.4. The third-order valence-corrected chi connectivity index (χ3v) is 6.53. The van der Waals surface area contributed by atoms with E-state index in [0.717, 1.165) is 31.4 Å². The molecule has 1 aliphatic heterocycles. The van der Waals surface area contributed by atoms with Gasteiger partial charge in [-0.15, -0.1) is 18.3 Å². The van der Waals surface area contributed by atoms with Gasteiger partial charge in [0.05, 0.1) is 13.2 Å². The van der Waals surface area contributed by atoms with E-state index in [0.29, 0.717) is 18.3 Å². The van der Waals surface area contributed by atoms with E-state index in [-0.39, 0.29) is 19.5 Å². The lowest BCUT2D eigenvalue weighted by molar-refractivity contribution is -0.256. The van der Waals surface area contributed by atoms with Crippen LogP contribution in [0.5, 0.6) is 0 Å². The van der Waals surface area contributed by atoms with Crippen LogP contribution in [-0.2, 0) is 9.47 Å². The Morgan fingerprint density at radius 3 is 2.36 bits per heavy atom. The summed E-state index contributed by atoms with van der Waals surface area (Å²) in [6, 6.07) is 8.97. The fourth-order valence-corrected chi connectivity index (χ4v) is 4.38. The van der Waals surface area contributed by atoms with Gasteiger partial charge in [-0.25, -0.2) is 4.39 Å². The molecule has 1 saturated heterocycles. The summed E-state index contributed by atoms with van der Waals surface area (Å²) in [5.74, 6) is 1.97. The van der Waals surface area contributed by atoms with Gasteiger partial charge in [0.2, 0.25) is 0 Å². The van der Waals surface area contributed by atoms with E-state index in [1.807, 2.05) is 24.8 Å². The molecule has 0 N–H and O–H groups in total. The number of rotatable bonds is 6. The normalized spacial score (nSPS) is 33.1. The number of alkyl halides is 1. The number of hydrogen-bond acceptors (Lipinski definition) is 3. The van der Waals surface area contributed by atoms with Gasteiger partial charge in [-0.05, 0) is 55.7 Å². The molecule has 138 valence electrons. The highest BCUT2D eigenvalue weighted by molar-refractivity contribution is 7.99. The summed E-state index contributed by atoms with van der Waals surface area (Å²) in [4.78, 5) is 1.30.